The van der Waals surface area contributed by atoms with E-state index in [1.54, 1.807) is 30.5 Å². The van der Waals surface area contributed by atoms with Crippen molar-refractivity contribution in [3.05, 3.63) is 71.9 Å². The number of hydrogen-bond acceptors (Lipinski definition) is 3. The fraction of sp³-hybridized carbons (Fsp3) is 0.0588. The SMILES string of the molecule is NC(=O)C(NNC(=O)c1c[nH]c2ccccc12)c1ccccc1. The third kappa shape index (κ3) is 3.07. The number of benzene rings is 2. The molecule has 5 N–H and O–H groups in total. The first kappa shape index (κ1) is 14.8. The van der Waals surface area contributed by atoms with Gasteiger partial charge >= 0.3 is 0 Å². The molecule has 2 aromatic carbocycles. The molecule has 23 heavy (non-hydrogen) atoms. The lowest BCUT2D eigenvalue weighted by Crippen LogP contribution is -2.44. The fourth-order valence-corrected chi connectivity index (χ4v) is 2.43. The summed E-state index contributed by atoms with van der Waals surface area (Å²) in [7, 11) is 0. The molecule has 1 aromatic heterocycles. The van der Waals surface area contributed by atoms with Crippen LogP contribution in [-0.4, -0.2) is 16.8 Å². The third-order valence-corrected chi connectivity index (χ3v) is 3.58. The van der Waals surface area contributed by atoms with Gasteiger partial charge in [-0.05, 0) is 11.6 Å². The van der Waals surface area contributed by atoms with Crippen molar-refractivity contribution in [2.24, 2.45) is 5.73 Å². The molecule has 2 amide bonds. The lowest BCUT2D eigenvalue weighted by molar-refractivity contribution is -0.120. The second-order valence-electron chi connectivity index (χ2n) is 5.09. The van der Waals surface area contributed by atoms with Gasteiger partial charge in [-0.3, -0.25) is 15.0 Å². The average Bonchev–Trinajstić information content (AvgIpc) is 2.99. The van der Waals surface area contributed by atoms with Crippen LogP contribution in [0.15, 0.2) is 60.8 Å². The molecular formula is C17H16N4O2. The second kappa shape index (κ2) is 6.33. The molecule has 0 saturated carbocycles. The Morgan fingerprint density at radius 2 is 1.70 bits per heavy atom. The van der Waals surface area contributed by atoms with Crippen molar-refractivity contribution in [2.45, 2.75) is 6.04 Å². The third-order valence-electron chi connectivity index (χ3n) is 3.58. The maximum atomic E-state index is 12.3. The van der Waals surface area contributed by atoms with Crippen LogP contribution in [-0.2, 0) is 4.79 Å². The van der Waals surface area contributed by atoms with Gasteiger partial charge in [-0.1, -0.05) is 48.5 Å². The van der Waals surface area contributed by atoms with Crippen molar-refractivity contribution in [1.29, 1.82) is 0 Å². The second-order valence-corrected chi connectivity index (χ2v) is 5.09. The summed E-state index contributed by atoms with van der Waals surface area (Å²) in [5.41, 5.74) is 12.7. The van der Waals surface area contributed by atoms with Crippen LogP contribution in [0.1, 0.15) is 22.0 Å². The number of fused-ring (bicyclic) bond motifs is 1. The summed E-state index contributed by atoms with van der Waals surface area (Å²) in [4.78, 5) is 27.0. The van der Waals surface area contributed by atoms with Crippen molar-refractivity contribution in [2.75, 3.05) is 0 Å². The standard InChI is InChI=1S/C17H16N4O2/c18-16(22)15(11-6-2-1-3-7-11)20-21-17(23)13-10-19-14-9-5-4-8-12(13)14/h1-10,15,19-20H,(H2,18,22)(H,21,23). The molecule has 6 heteroatoms. The molecular weight excluding hydrogens is 292 g/mol. The summed E-state index contributed by atoms with van der Waals surface area (Å²) in [6.07, 6.45) is 1.63. The zero-order valence-corrected chi connectivity index (χ0v) is 12.2. The van der Waals surface area contributed by atoms with Gasteiger partial charge in [0.2, 0.25) is 5.91 Å². The van der Waals surface area contributed by atoms with Gasteiger partial charge < -0.3 is 10.7 Å². The zero-order chi connectivity index (χ0) is 16.2. The number of carbonyl (C=O) groups is 2. The Morgan fingerprint density at radius 3 is 2.43 bits per heavy atom. The maximum absolute atomic E-state index is 12.3. The van der Waals surface area contributed by atoms with Crippen LogP contribution in [0.2, 0.25) is 0 Å². The van der Waals surface area contributed by atoms with Crippen molar-refractivity contribution >= 4 is 22.7 Å². The number of nitrogens with two attached hydrogens (primary N) is 1. The highest BCUT2D eigenvalue weighted by Gasteiger charge is 2.19. The molecule has 0 aliphatic carbocycles. The van der Waals surface area contributed by atoms with Gasteiger partial charge in [0, 0.05) is 17.1 Å². The highest BCUT2D eigenvalue weighted by Crippen LogP contribution is 2.17. The number of amides is 2. The minimum Gasteiger partial charge on any atom is -0.368 e. The molecule has 0 fully saturated rings. The van der Waals surface area contributed by atoms with E-state index in [-0.39, 0.29) is 5.91 Å². The molecule has 0 spiro atoms. The zero-order valence-electron chi connectivity index (χ0n) is 12.2. The number of hydrogen-bond donors (Lipinski definition) is 4. The molecule has 3 rings (SSSR count). The molecule has 1 unspecified atom stereocenters. The normalized spacial score (nSPS) is 12.0. The number of primary amides is 1. The molecule has 6 nitrogen and oxygen atoms in total. The van der Waals surface area contributed by atoms with Crippen molar-refractivity contribution in [3.8, 4) is 0 Å². The first-order valence-corrected chi connectivity index (χ1v) is 7.13. The number of aromatic amines is 1. The fourth-order valence-electron chi connectivity index (χ4n) is 2.43. The Kier molecular flexibility index (Phi) is 4.07. The van der Waals surface area contributed by atoms with Crippen LogP contribution >= 0.6 is 0 Å². The molecule has 0 bridgehead atoms. The number of nitrogens with one attached hydrogen (secondary N) is 3. The van der Waals surface area contributed by atoms with E-state index in [1.165, 1.54) is 0 Å². The highest BCUT2D eigenvalue weighted by molar-refractivity contribution is 6.06. The van der Waals surface area contributed by atoms with Gasteiger partial charge in [0.25, 0.3) is 5.91 Å². The monoisotopic (exact) mass is 308 g/mol. The van der Waals surface area contributed by atoms with Gasteiger partial charge in [-0.25, -0.2) is 5.43 Å². The van der Waals surface area contributed by atoms with Crippen LogP contribution < -0.4 is 16.6 Å². The van der Waals surface area contributed by atoms with Crippen molar-refractivity contribution < 1.29 is 9.59 Å². The number of para-hydroxylation sites is 1. The Labute approximate surface area is 132 Å². The van der Waals surface area contributed by atoms with Gasteiger partial charge in [-0.15, -0.1) is 0 Å². The number of H-pyrrole nitrogens is 1. The maximum Gasteiger partial charge on any atom is 0.267 e. The van der Waals surface area contributed by atoms with Crippen LogP contribution in [0, 0.1) is 0 Å². The Bertz CT molecular complexity index is 842. The predicted molar refractivity (Wildman–Crippen MR) is 87.3 cm³/mol. The van der Waals surface area contributed by atoms with E-state index in [1.807, 2.05) is 30.3 Å². The van der Waals surface area contributed by atoms with Crippen LogP contribution in [0.5, 0.6) is 0 Å². The Morgan fingerprint density at radius 1 is 1.00 bits per heavy atom. The molecule has 0 aliphatic heterocycles. The number of hydrazine groups is 1. The van der Waals surface area contributed by atoms with Crippen molar-refractivity contribution in [3.63, 3.8) is 0 Å². The van der Waals surface area contributed by atoms with E-state index in [0.717, 1.165) is 10.9 Å². The minimum absolute atomic E-state index is 0.343. The lowest BCUT2D eigenvalue weighted by Gasteiger charge is -2.16. The molecule has 0 aliphatic rings. The van der Waals surface area contributed by atoms with E-state index in [2.05, 4.69) is 15.8 Å². The molecule has 3 aromatic rings. The summed E-state index contributed by atoms with van der Waals surface area (Å²) in [5, 5.41) is 0.808. The van der Waals surface area contributed by atoms with Crippen LogP contribution in [0.3, 0.4) is 0 Å². The smallest absolute Gasteiger partial charge is 0.267 e. The van der Waals surface area contributed by atoms with E-state index in [4.69, 9.17) is 5.73 Å². The highest BCUT2D eigenvalue weighted by atomic mass is 16.2. The Balaban J connectivity index is 1.76. The van der Waals surface area contributed by atoms with Gasteiger partial charge in [0.05, 0.1) is 5.56 Å². The largest absolute Gasteiger partial charge is 0.368 e. The quantitative estimate of drug-likeness (QED) is 0.539. The van der Waals surface area contributed by atoms with Gasteiger partial charge in [-0.2, -0.15) is 0 Å². The number of carbonyl (C=O) groups excluding carboxylic acids is 2. The van der Waals surface area contributed by atoms with E-state index >= 15 is 0 Å². The number of rotatable bonds is 5. The molecule has 0 saturated heterocycles. The predicted octanol–water partition coefficient (Wildman–Crippen LogP) is 1.63. The first-order chi connectivity index (χ1) is 11.2. The molecule has 116 valence electrons. The van der Waals surface area contributed by atoms with Crippen LogP contribution in [0.25, 0.3) is 10.9 Å². The molecule has 1 atom stereocenters. The summed E-state index contributed by atoms with van der Waals surface area (Å²) in [5.74, 6) is -0.917. The van der Waals surface area contributed by atoms with E-state index < -0.39 is 11.9 Å². The Hall–Kier alpha value is -3.12. The van der Waals surface area contributed by atoms with E-state index in [0.29, 0.717) is 11.1 Å². The van der Waals surface area contributed by atoms with Crippen LogP contribution in [0.4, 0.5) is 0 Å². The summed E-state index contributed by atoms with van der Waals surface area (Å²) in [6, 6.07) is 15.6. The summed E-state index contributed by atoms with van der Waals surface area (Å²) in [6.45, 7) is 0. The number of aromatic nitrogens is 1. The molecule has 1 heterocycles. The van der Waals surface area contributed by atoms with Gasteiger partial charge in [0.15, 0.2) is 0 Å². The lowest BCUT2D eigenvalue weighted by atomic mass is 10.1. The topological polar surface area (TPSA) is 100 Å². The van der Waals surface area contributed by atoms with Crippen molar-refractivity contribution in [1.82, 2.24) is 15.8 Å². The summed E-state index contributed by atoms with van der Waals surface area (Å²) < 4.78 is 0. The molecule has 0 radical (unpaired) electrons. The average molecular weight is 308 g/mol. The minimum atomic E-state index is -0.801. The first-order valence-electron chi connectivity index (χ1n) is 7.13. The summed E-state index contributed by atoms with van der Waals surface area (Å²) >= 11 is 0. The van der Waals surface area contributed by atoms with Gasteiger partial charge in [0.1, 0.15) is 6.04 Å². The van der Waals surface area contributed by atoms with E-state index in [9.17, 15) is 9.59 Å².